The van der Waals surface area contributed by atoms with Crippen molar-refractivity contribution in [1.29, 1.82) is 0 Å². The zero-order chi connectivity index (χ0) is 21.2. The van der Waals surface area contributed by atoms with Crippen molar-refractivity contribution in [1.82, 2.24) is 29.5 Å². The summed E-state index contributed by atoms with van der Waals surface area (Å²) in [7, 11) is 0. The van der Waals surface area contributed by atoms with E-state index in [-0.39, 0.29) is 11.9 Å². The number of imidazole rings is 1. The molecule has 0 radical (unpaired) electrons. The van der Waals surface area contributed by atoms with Crippen molar-refractivity contribution >= 4 is 28.6 Å². The molecule has 1 N–H and O–H groups in total. The molecule has 4 aromatic rings. The third-order valence-electron chi connectivity index (χ3n) is 4.81. The van der Waals surface area contributed by atoms with Crippen molar-refractivity contribution in [2.24, 2.45) is 0 Å². The molecule has 1 aliphatic heterocycles. The number of aromatic nitrogens is 6. The Morgan fingerprint density at radius 3 is 2.52 bits per heavy atom. The summed E-state index contributed by atoms with van der Waals surface area (Å²) in [5.74, 6) is 0.231. The quantitative estimate of drug-likeness (QED) is 0.522. The summed E-state index contributed by atoms with van der Waals surface area (Å²) in [4.78, 5) is 23.5. The van der Waals surface area contributed by atoms with Gasteiger partial charge in [-0.1, -0.05) is 12.1 Å². The Hall–Kier alpha value is -3.73. The van der Waals surface area contributed by atoms with Gasteiger partial charge < -0.3 is 15.0 Å². The summed E-state index contributed by atoms with van der Waals surface area (Å²) in [5, 5.41) is 3.08. The summed E-state index contributed by atoms with van der Waals surface area (Å²) < 4.78 is 34.4. The number of anilines is 3. The number of halogens is 2. The number of alkyl halides is 2. The number of hydrogen-bond acceptors (Lipinski definition) is 8. The number of hydrogen-bond donors (Lipinski definition) is 1. The second-order valence-corrected chi connectivity index (χ2v) is 6.82. The van der Waals surface area contributed by atoms with E-state index in [1.807, 2.05) is 11.0 Å². The molecule has 158 valence electrons. The minimum Gasteiger partial charge on any atom is -0.378 e. The first-order valence-corrected chi connectivity index (χ1v) is 9.71. The van der Waals surface area contributed by atoms with Gasteiger partial charge in [0, 0.05) is 19.3 Å². The molecule has 1 saturated heterocycles. The molecule has 0 saturated carbocycles. The van der Waals surface area contributed by atoms with E-state index < -0.39 is 12.2 Å². The van der Waals surface area contributed by atoms with Crippen molar-refractivity contribution in [3.63, 3.8) is 0 Å². The summed E-state index contributed by atoms with van der Waals surface area (Å²) in [6.45, 7) is 2.23. The molecule has 0 bridgehead atoms. The molecule has 0 spiro atoms. The van der Waals surface area contributed by atoms with Gasteiger partial charge in [0.05, 0.1) is 36.1 Å². The minimum atomic E-state index is -2.80. The largest absolute Gasteiger partial charge is 0.378 e. The third kappa shape index (κ3) is 3.87. The van der Waals surface area contributed by atoms with Crippen LogP contribution in [0.1, 0.15) is 12.2 Å². The fourth-order valence-corrected chi connectivity index (χ4v) is 3.38. The van der Waals surface area contributed by atoms with E-state index in [2.05, 4.69) is 30.2 Å². The van der Waals surface area contributed by atoms with E-state index in [0.29, 0.717) is 49.0 Å². The van der Waals surface area contributed by atoms with Gasteiger partial charge in [-0.05, 0) is 24.3 Å². The fourth-order valence-electron chi connectivity index (χ4n) is 3.38. The van der Waals surface area contributed by atoms with Crippen molar-refractivity contribution in [2.75, 3.05) is 36.5 Å². The molecule has 31 heavy (non-hydrogen) atoms. The minimum absolute atomic E-state index is 0.0619. The van der Waals surface area contributed by atoms with Crippen LogP contribution >= 0.6 is 0 Å². The van der Waals surface area contributed by atoms with Crippen LogP contribution in [0.5, 0.6) is 0 Å². The van der Waals surface area contributed by atoms with Crippen LogP contribution in [-0.2, 0) is 4.74 Å². The fraction of sp³-hybridized carbons (Fsp3) is 0.250. The molecule has 11 heteroatoms. The van der Waals surface area contributed by atoms with Gasteiger partial charge in [-0.25, -0.2) is 13.8 Å². The van der Waals surface area contributed by atoms with E-state index in [9.17, 15) is 8.78 Å². The summed E-state index contributed by atoms with van der Waals surface area (Å²) in [6.07, 6.45) is 0.468. The van der Waals surface area contributed by atoms with Gasteiger partial charge in [0.25, 0.3) is 6.43 Å². The smallest absolute Gasteiger partial charge is 0.296 e. The van der Waals surface area contributed by atoms with E-state index in [1.165, 1.54) is 4.57 Å². The zero-order valence-electron chi connectivity index (χ0n) is 16.3. The highest BCUT2D eigenvalue weighted by Gasteiger charge is 2.24. The number of pyridine rings is 1. The van der Waals surface area contributed by atoms with Crippen molar-refractivity contribution in [3.8, 4) is 5.95 Å². The molecule has 1 aromatic carbocycles. The number of fused-ring (bicyclic) bond motifs is 1. The molecular formula is C20H18F2N8O. The van der Waals surface area contributed by atoms with E-state index in [0.717, 1.165) is 0 Å². The topological polar surface area (TPSA) is 93.9 Å². The Kier molecular flexibility index (Phi) is 5.08. The van der Waals surface area contributed by atoms with Crippen LogP contribution in [0.4, 0.5) is 26.4 Å². The van der Waals surface area contributed by atoms with Crippen LogP contribution in [0.3, 0.4) is 0 Å². The second kappa shape index (κ2) is 8.19. The van der Waals surface area contributed by atoms with Gasteiger partial charge in [-0.15, -0.1) is 0 Å². The number of benzene rings is 1. The molecule has 0 unspecified atom stereocenters. The lowest BCUT2D eigenvalue weighted by Gasteiger charge is -2.27. The summed E-state index contributed by atoms with van der Waals surface area (Å²) in [5.41, 5.74) is 1.59. The highest BCUT2D eigenvalue weighted by molar-refractivity contribution is 5.77. The van der Waals surface area contributed by atoms with Gasteiger partial charge in [-0.2, -0.15) is 15.0 Å². The molecular weight excluding hydrogens is 406 g/mol. The van der Waals surface area contributed by atoms with Crippen LogP contribution < -0.4 is 10.2 Å². The van der Waals surface area contributed by atoms with Gasteiger partial charge in [0.15, 0.2) is 5.82 Å². The molecule has 0 amide bonds. The average Bonchev–Trinajstić information content (AvgIpc) is 3.20. The average molecular weight is 424 g/mol. The SMILES string of the molecule is FC(F)c1nc2ccccc2n1-c1nc(Nc2cccnc2)nc(N2CCOCC2)n1. The number of para-hydroxylation sites is 2. The molecule has 9 nitrogen and oxygen atoms in total. The number of rotatable bonds is 5. The van der Waals surface area contributed by atoms with E-state index >= 15 is 0 Å². The predicted octanol–water partition coefficient (Wildman–Crippen LogP) is 3.12. The molecule has 1 fully saturated rings. The maximum Gasteiger partial charge on any atom is 0.296 e. The van der Waals surface area contributed by atoms with Crippen molar-refractivity contribution in [2.45, 2.75) is 6.43 Å². The maximum absolute atomic E-state index is 13.8. The molecule has 0 atom stereocenters. The molecule has 4 heterocycles. The van der Waals surface area contributed by atoms with Crippen LogP contribution in [0.15, 0.2) is 48.8 Å². The zero-order valence-corrected chi connectivity index (χ0v) is 16.3. The molecule has 0 aliphatic carbocycles. The maximum atomic E-state index is 13.8. The van der Waals surface area contributed by atoms with Gasteiger partial charge in [-0.3, -0.25) is 9.55 Å². The van der Waals surface area contributed by atoms with Crippen LogP contribution in [0, 0.1) is 0 Å². The molecule has 5 rings (SSSR count). The molecule has 1 aliphatic rings. The highest BCUT2D eigenvalue weighted by atomic mass is 19.3. The number of nitrogens with one attached hydrogen (secondary N) is 1. The third-order valence-corrected chi connectivity index (χ3v) is 4.81. The number of nitrogens with zero attached hydrogens (tertiary/aromatic N) is 7. The standard InChI is InChI=1S/C20H18F2N8O/c21-16(22)17-25-14-5-1-2-6-15(14)30(17)20-27-18(24-13-4-3-7-23-12-13)26-19(28-20)29-8-10-31-11-9-29/h1-7,12,16H,8-11H2,(H,24,26,27,28). The summed E-state index contributed by atoms with van der Waals surface area (Å²) >= 11 is 0. The van der Waals surface area contributed by atoms with Crippen LogP contribution in [0.25, 0.3) is 17.0 Å². The lowest BCUT2D eigenvalue weighted by atomic mass is 10.3. The lowest BCUT2D eigenvalue weighted by Crippen LogP contribution is -2.37. The van der Waals surface area contributed by atoms with Gasteiger partial charge in [0.2, 0.25) is 17.8 Å². The van der Waals surface area contributed by atoms with Crippen LogP contribution in [-0.4, -0.2) is 55.8 Å². The normalized spacial score (nSPS) is 14.4. The first kappa shape index (κ1) is 19.2. The Morgan fingerprint density at radius 2 is 1.74 bits per heavy atom. The number of ether oxygens (including phenoxy) is 1. The van der Waals surface area contributed by atoms with Crippen molar-refractivity contribution in [3.05, 3.63) is 54.6 Å². The molecule has 3 aromatic heterocycles. The van der Waals surface area contributed by atoms with E-state index in [1.54, 1.807) is 42.7 Å². The highest BCUT2D eigenvalue weighted by Crippen LogP contribution is 2.28. The van der Waals surface area contributed by atoms with Gasteiger partial charge in [0.1, 0.15) is 0 Å². The Balaban J connectivity index is 1.66. The first-order valence-electron chi connectivity index (χ1n) is 9.71. The first-order chi connectivity index (χ1) is 15.2. The second-order valence-electron chi connectivity index (χ2n) is 6.82. The van der Waals surface area contributed by atoms with Gasteiger partial charge >= 0.3 is 0 Å². The predicted molar refractivity (Wildman–Crippen MR) is 110 cm³/mol. The van der Waals surface area contributed by atoms with Crippen molar-refractivity contribution < 1.29 is 13.5 Å². The Morgan fingerprint density at radius 1 is 0.935 bits per heavy atom. The Bertz CT molecular complexity index is 1190. The number of morpholine rings is 1. The monoisotopic (exact) mass is 424 g/mol. The van der Waals surface area contributed by atoms with Crippen LogP contribution in [0.2, 0.25) is 0 Å². The lowest BCUT2D eigenvalue weighted by molar-refractivity contribution is 0.122. The Labute approximate surface area is 175 Å². The van der Waals surface area contributed by atoms with E-state index in [4.69, 9.17) is 4.74 Å². The summed E-state index contributed by atoms with van der Waals surface area (Å²) in [6, 6.07) is 10.5.